The van der Waals surface area contributed by atoms with Gasteiger partial charge in [-0.1, -0.05) is 0 Å². The number of carbonyl (C=O) groups is 3. The van der Waals surface area contributed by atoms with Gasteiger partial charge in [-0.3, -0.25) is 14.9 Å². The number of imide groups is 1. The Labute approximate surface area is 118 Å². The van der Waals surface area contributed by atoms with Crippen molar-refractivity contribution in [1.29, 1.82) is 0 Å². The molecule has 0 saturated carbocycles. The topological polar surface area (TPSA) is 98.7 Å². The summed E-state index contributed by atoms with van der Waals surface area (Å²) in [5, 5.41) is 14.3. The van der Waals surface area contributed by atoms with Gasteiger partial charge in [0.25, 0.3) is 11.8 Å². The van der Waals surface area contributed by atoms with Crippen molar-refractivity contribution in [2.45, 2.75) is 12.0 Å². The van der Waals surface area contributed by atoms with E-state index in [0.29, 0.717) is 0 Å². The lowest BCUT2D eigenvalue weighted by Crippen LogP contribution is -2.49. The highest BCUT2D eigenvalue weighted by atomic mass is 19.1. The molecule has 0 bridgehead atoms. The van der Waals surface area contributed by atoms with Crippen LogP contribution in [0.2, 0.25) is 0 Å². The number of likely N-dealkylation sites (tertiary alicyclic amines) is 1. The highest BCUT2D eigenvalue weighted by Crippen LogP contribution is 2.28. The van der Waals surface area contributed by atoms with Gasteiger partial charge in [-0.25, -0.2) is 9.18 Å². The molecule has 0 aliphatic carbocycles. The van der Waals surface area contributed by atoms with Crippen LogP contribution >= 0.6 is 0 Å². The number of hydrogen-bond acceptors (Lipinski definition) is 4. The zero-order chi connectivity index (χ0) is 15.2. The summed E-state index contributed by atoms with van der Waals surface area (Å²) in [5.74, 6) is -2.09. The summed E-state index contributed by atoms with van der Waals surface area (Å²) in [5.41, 5.74) is -1.15. The molecule has 2 fully saturated rings. The average Bonchev–Trinajstić information content (AvgIpc) is 2.94. The van der Waals surface area contributed by atoms with Crippen molar-refractivity contribution < 1.29 is 23.9 Å². The summed E-state index contributed by atoms with van der Waals surface area (Å²) in [6.07, 6.45) is 0.290. The van der Waals surface area contributed by atoms with E-state index in [1.54, 1.807) is 0 Å². The quantitative estimate of drug-likeness (QED) is 0.632. The Kier molecular flexibility index (Phi) is 2.82. The molecule has 1 aromatic carbocycles. The number of phenolic OH excluding ortho intramolecular Hbond substituents is 1. The number of aromatic hydroxyl groups is 1. The van der Waals surface area contributed by atoms with Crippen LogP contribution in [0.5, 0.6) is 5.75 Å². The van der Waals surface area contributed by atoms with Crippen LogP contribution in [0.4, 0.5) is 9.18 Å². The number of urea groups is 1. The predicted octanol–water partition coefficient (Wildman–Crippen LogP) is -0.0446. The minimum absolute atomic E-state index is 0.0141. The van der Waals surface area contributed by atoms with Gasteiger partial charge in [0.15, 0.2) is 0 Å². The van der Waals surface area contributed by atoms with E-state index in [9.17, 15) is 23.9 Å². The number of amides is 4. The molecule has 2 saturated heterocycles. The molecule has 2 heterocycles. The Hall–Kier alpha value is -2.64. The van der Waals surface area contributed by atoms with Crippen LogP contribution in [0.25, 0.3) is 0 Å². The molecule has 110 valence electrons. The Morgan fingerprint density at radius 2 is 2.14 bits per heavy atom. The standard InChI is InChI=1S/C13H12FN3O4/c14-7-1-2-8(9(18)5-7)10(19)17-4-3-13(6-17)11(20)15-12(21)16-13/h1-2,5,18H,3-4,6H2,(H2,15,16,20,21). The number of phenols is 1. The molecule has 7 nitrogen and oxygen atoms in total. The van der Waals surface area contributed by atoms with Crippen LogP contribution in [-0.2, 0) is 4.79 Å². The molecule has 0 radical (unpaired) electrons. The van der Waals surface area contributed by atoms with Crippen LogP contribution in [0.1, 0.15) is 16.8 Å². The summed E-state index contributed by atoms with van der Waals surface area (Å²) >= 11 is 0. The number of benzene rings is 1. The Morgan fingerprint density at radius 1 is 1.38 bits per heavy atom. The fourth-order valence-corrected chi connectivity index (χ4v) is 2.65. The maximum Gasteiger partial charge on any atom is 0.322 e. The fraction of sp³-hybridized carbons (Fsp3) is 0.308. The van der Waals surface area contributed by atoms with E-state index in [4.69, 9.17) is 0 Å². The Balaban J connectivity index is 1.82. The van der Waals surface area contributed by atoms with Crippen LogP contribution in [0, 0.1) is 5.82 Å². The van der Waals surface area contributed by atoms with Gasteiger partial charge >= 0.3 is 6.03 Å². The van der Waals surface area contributed by atoms with Gasteiger partial charge in [0, 0.05) is 12.6 Å². The number of rotatable bonds is 1. The third-order valence-electron chi connectivity index (χ3n) is 3.76. The lowest BCUT2D eigenvalue weighted by atomic mass is 9.99. The first-order valence-corrected chi connectivity index (χ1v) is 6.33. The second-order valence-electron chi connectivity index (χ2n) is 5.13. The first kappa shape index (κ1) is 13.3. The summed E-state index contributed by atoms with van der Waals surface area (Å²) in [4.78, 5) is 36.7. The zero-order valence-electron chi connectivity index (χ0n) is 10.9. The Morgan fingerprint density at radius 3 is 2.76 bits per heavy atom. The van der Waals surface area contributed by atoms with Crippen molar-refractivity contribution in [3.05, 3.63) is 29.6 Å². The highest BCUT2D eigenvalue weighted by Gasteiger charge is 2.51. The lowest BCUT2D eigenvalue weighted by molar-refractivity contribution is -0.123. The van der Waals surface area contributed by atoms with Crippen LogP contribution in [-0.4, -0.2) is 46.5 Å². The van der Waals surface area contributed by atoms with E-state index in [0.717, 1.165) is 12.1 Å². The second-order valence-corrected chi connectivity index (χ2v) is 5.13. The molecule has 1 atom stereocenters. The number of nitrogens with one attached hydrogen (secondary N) is 2. The number of carbonyl (C=O) groups excluding carboxylic acids is 3. The van der Waals surface area contributed by atoms with E-state index in [1.165, 1.54) is 11.0 Å². The van der Waals surface area contributed by atoms with Gasteiger partial charge in [0.05, 0.1) is 12.1 Å². The van der Waals surface area contributed by atoms with Crippen LogP contribution < -0.4 is 10.6 Å². The Bertz CT molecular complexity index is 663. The molecule has 1 spiro atoms. The van der Waals surface area contributed by atoms with E-state index >= 15 is 0 Å². The number of hydrogen-bond donors (Lipinski definition) is 3. The largest absolute Gasteiger partial charge is 0.507 e. The van der Waals surface area contributed by atoms with Crippen molar-refractivity contribution in [3.63, 3.8) is 0 Å². The van der Waals surface area contributed by atoms with E-state index in [-0.39, 0.29) is 25.1 Å². The van der Waals surface area contributed by atoms with E-state index < -0.39 is 35.0 Å². The molecular formula is C13H12FN3O4. The molecule has 21 heavy (non-hydrogen) atoms. The molecule has 4 amide bonds. The van der Waals surface area contributed by atoms with Gasteiger partial charge in [0.1, 0.15) is 17.1 Å². The molecule has 0 aromatic heterocycles. The van der Waals surface area contributed by atoms with Crippen molar-refractivity contribution in [3.8, 4) is 5.75 Å². The summed E-state index contributed by atoms with van der Waals surface area (Å²) in [6.45, 7) is 0.267. The minimum atomic E-state index is -1.11. The third-order valence-corrected chi connectivity index (χ3v) is 3.76. The van der Waals surface area contributed by atoms with E-state index in [1.807, 2.05) is 0 Å². The molecule has 3 rings (SSSR count). The molecular weight excluding hydrogens is 281 g/mol. The number of nitrogens with zero attached hydrogens (tertiary/aromatic N) is 1. The smallest absolute Gasteiger partial charge is 0.322 e. The van der Waals surface area contributed by atoms with Gasteiger partial charge in [0.2, 0.25) is 0 Å². The maximum atomic E-state index is 12.9. The molecule has 3 N–H and O–H groups in total. The first-order valence-electron chi connectivity index (χ1n) is 6.33. The van der Waals surface area contributed by atoms with Gasteiger partial charge < -0.3 is 15.3 Å². The SMILES string of the molecule is O=C1NC(=O)C2(CCN(C(=O)c3ccc(F)cc3O)C2)N1. The van der Waals surface area contributed by atoms with E-state index in [2.05, 4.69) is 10.6 Å². The summed E-state index contributed by atoms with van der Waals surface area (Å²) in [7, 11) is 0. The van der Waals surface area contributed by atoms with Crippen molar-refractivity contribution in [2.24, 2.45) is 0 Å². The predicted molar refractivity (Wildman–Crippen MR) is 68.0 cm³/mol. The lowest BCUT2D eigenvalue weighted by Gasteiger charge is -2.21. The normalized spacial score (nSPS) is 24.3. The van der Waals surface area contributed by atoms with Crippen molar-refractivity contribution in [1.82, 2.24) is 15.5 Å². The molecule has 1 unspecified atom stereocenters. The minimum Gasteiger partial charge on any atom is -0.507 e. The number of halogens is 1. The molecule has 8 heteroatoms. The fourth-order valence-electron chi connectivity index (χ4n) is 2.65. The average molecular weight is 293 g/mol. The zero-order valence-corrected chi connectivity index (χ0v) is 10.9. The maximum absolute atomic E-state index is 12.9. The van der Waals surface area contributed by atoms with Gasteiger partial charge in [-0.15, -0.1) is 0 Å². The summed E-state index contributed by atoms with van der Waals surface area (Å²) in [6, 6.07) is 2.52. The first-order chi connectivity index (χ1) is 9.91. The third kappa shape index (κ3) is 2.08. The van der Waals surface area contributed by atoms with Gasteiger partial charge in [-0.05, 0) is 18.6 Å². The molecule has 2 aliphatic rings. The molecule has 2 aliphatic heterocycles. The second kappa shape index (κ2) is 4.44. The van der Waals surface area contributed by atoms with Crippen molar-refractivity contribution >= 4 is 17.8 Å². The van der Waals surface area contributed by atoms with Crippen LogP contribution in [0.3, 0.4) is 0 Å². The van der Waals surface area contributed by atoms with Gasteiger partial charge in [-0.2, -0.15) is 0 Å². The van der Waals surface area contributed by atoms with Crippen molar-refractivity contribution in [2.75, 3.05) is 13.1 Å². The monoisotopic (exact) mass is 293 g/mol. The highest BCUT2D eigenvalue weighted by molar-refractivity contribution is 6.08. The summed E-state index contributed by atoms with van der Waals surface area (Å²) < 4.78 is 12.9. The van der Waals surface area contributed by atoms with Crippen LogP contribution in [0.15, 0.2) is 18.2 Å². The molecule has 1 aromatic rings.